The first kappa shape index (κ1) is 11.3. The number of fused-ring (bicyclic) bond motifs is 1. The normalized spacial score (nSPS) is 26.1. The molecule has 2 fully saturated rings. The molecular formula is C14H16N2O2. The fourth-order valence-electron chi connectivity index (χ4n) is 2.95. The van der Waals surface area contributed by atoms with Crippen LogP contribution in [0.4, 0.5) is 0 Å². The molecule has 2 amide bonds. The lowest BCUT2D eigenvalue weighted by molar-refractivity contribution is -0.119. The Balaban J connectivity index is 1.86. The van der Waals surface area contributed by atoms with Crippen LogP contribution in [-0.4, -0.2) is 35.3 Å². The topological polar surface area (TPSA) is 49.4 Å². The summed E-state index contributed by atoms with van der Waals surface area (Å²) in [6.07, 6.45) is 1.32. The molecule has 2 saturated heterocycles. The molecule has 0 saturated carbocycles. The van der Waals surface area contributed by atoms with Crippen LogP contribution in [0.15, 0.2) is 24.3 Å². The Hall–Kier alpha value is -1.84. The van der Waals surface area contributed by atoms with Crippen LogP contribution in [0.25, 0.3) is 0 Å². The Bertz CT molecular complexity index is 512. The second kappa shape index (κ2) is 4.12. The molecule has 1 aromatic rings. The van der Waals surface area contributed by atoms with Crippen molar-refractivity contribution in [2.75, 3.05) is 6.54 Å². The van der Waals surface area contributed by atoms with Crippen molar-refractivity contribution in [2.24, 2.45) is 0 Å². The molecule has 2 aliphatic heterocycles. The summed E-state index contributed by atoms with van der Waals surface area (Å²) in [5.41, 5.74) is 1.74. The maximum atomic E-state index is 12.5. The predicted molar refractivity (Wildman–Crippen MR) is 67.2 cm³/mol. The lowest BCUT2D eigenvalue weighted by Gasteiger charge is -2.23. The first-order valence-electron chi connectivity index (χ1n) is 6.33. The van der Waals surface area contributed by atoms with Crippen LogP contribution in [0, 0.1) is 6.92 Å². The summed E-state index contributed by atoms with van der Waals surface area (Å²) < 4.78 is 0. The van der Waals surface area contributed by atoms with Crippen LogP contribution in [0.2, 0.25) is 0 Å². The molecule has 1 N–H and O–H groups in total. The zero-order valence-electron chi connectivity index (χ0n) is 10.3. The van der Waals surface area contributed by atoms with E-state index in [0.717, 1.165) is 24.1 Å². The van der Waals surface area contributed by atoms with E-state index in [2.05, 4.69) is 5.32 Å². The van der Waals surface area contributed by atoms with Gasteiger partial charge in [-0.2, -0.15) is 0 Å². The number of hydrogen-bond acceptors (Lipinski definition) is 2. The van der Waals surface area contributed by atoms with Gasteiger partial charge in [-0.15, -0.1) is 0 Å². The smallest absolute Gasteiger partial charge is 0.254 e. The molecule has 2 aliphatic rings. The van der Waals surface area contributed by atoms with Crippen molar-refractivity contribution in [3.05, 3.63) is 35.4 Å². The van der Waals surface area contributed by atoms with Crippen molar-refractivity contribution in [3.8, 4) is 0 Å². The highest BCUT2D eigenvalue weighted by Gasteiger charge is 2.43. The number of hydrogen-bond donors (Lipinski definition) is 1. The van der Waals surface area contributed by atoms with Crippen LogP contribution < -0.4 is 5.32 Å². The van der Waals surface area contributed by atoms with Crippen molar-refractivity contribution in [2.45, 2.75) is 31.8 Å². The molecule has 0 bridgehead atoms. The zero-order chi connectivity index (χ0) is 12.7. The van der Waals surface area contributed by atoms with E-state index < -0.39 is 0 Å². The van der Waals surface area contributed by atoms with Crippen molar-refractivity contribution in [3.63, 3.8) is 0 Å². The van der Waals surface area contributed by atoms with Crippen molar-refractivity contribution < 1.29 is 9.59 Å². The minimum absolute atomic E-state index is 0.0459. The van der Waals surface area contributed by atoms with Crippen molar-refractivity contribution in [1.29, 1.82) is 0 Å². The van der Waals surface area contributed by atoms with Gasteiger partial charge in [0.15, 0.2) is 0 Å². The Morgan fingerprint density at radius 1 is 1.39 bits per heavy atom. The number of carbonyl (C=O) groups excluding carboxylic acids is 2. The van der Waals surface area contributed by atoms with Gasteiger partial charge < -0.3 is 10.2 Å². The van der Waals surface area contributed by atoms with Gasteiger partial charge in [0.2, 0.25) is 5.91 Å². The van der Waals surface area contributed by atoms with Crippen LogP contribution in [0.3, 0.4) is 0 Å². The molecule has 0 aliphatic carbocycles. The highest BCUT2D eigenvalue weighted by Crippen LogP contribution is 2.27. The summed E-state index contributed by atoms with van der Waals surface area (Å²) >= 11 is 0. The van der Waals surface area contributed by atoms with Crippen molar-refractivity contribution in [1.82, 2.24) is 10.2 Å². The average molecular weight is 244 g/mol. The molecule has 2 atom stereocenters. The van der Waals surface area contributed by atoms with Crippen molar-refractivity contribution >= 4 is 11.8 Å². The number of benzene rings is 1. The molecule has 18 heavy (non-hydrogen) atoms. The van der Waals surface area contributed by atoms with E-state index in [9.17, 15) is 9.59 Å². The van der Waals surface area contributed by atoms with Gasteiger partial charge in [0.25, 0.3) is 5.91 Å². The van der Waals surface area contributed by atoms with Gasteiger partial charge in [-0.25, -0.2) is 0 Å². The fraction of sp³-hybridized carbons (Fsp3) is 0.429. The lowest BCUT2D eigenvalue weighted by atomic mass is 10.1. The molecule has 4 nitrogen and oxygen atoms in total. The maximum absolute atomic E-state index is 12.5. The third-order valence-corrected chi connectivity index (χ3v) is 3.92. The molecule has 3 rings (SSSR count). The Morgan fingerprint density at radius 2 is 2.17 bits per heavy atom. The molecule has 2 heterocycles. The summed E-state index contributed by atoms with van der Waals surface area (Å²) in [7, 11) is 0. The van der Waals surface area contributed by atoms with Crippen LogP contribution in [0.1, 0.15) is 28.8 Å². The molecule has 0 unspecified atom stereocenters. The number of aryl methyl sites for hydroxylation is 1. The minimum atomic E-state index is 0.0459. The Labute approximate surface area is 106 Å². The largest absolute Gasteiger partial charge is 0.351 e. The SMILES string of the molecule is Cc1ccccc1C(=O)N1CC[C@@H]2NC(=O)C[C@@H]21. The summed E-state index contributed by atoms with van der Waals surface area (Å²) in [6, 6.07) is 7.81. The van der Waals surface area contributed by atoms with Gasteiger partial charge >= 0.3 is 0 Å². The zero-order valence-corrected chi connectivity index (χ0v) is 10.3. The summed E-state index contributed by atoms with van der Waals surface area (Å²) in [6.45, 7) is 2.68. The average Bonchev–Trinajstić information content (AvgIpc) is 2.87. The molecular weight excluding hydrogens is 228 g/mol. The van der Waals surface area contributed by atoms with Crippen LogP contribution in [-0.2, 0) is 4.79 Å². The quantitative estimate of drug-likeness (QED) is 0.804. The number of likely N-dealkylation sites (tertiary alicyclic amines) is 1. The monoisotopic (exact) mass is 244 g/mol. The van der Waals surface area contributed by atoms with E-state index in [1.54, 1.807) is 0 Å². The highest BCUT2D eigenvalue weighted by molar-refractivity contribution is 5.96. The van der Waals surface area contributed by atoms with Crippen LogP contribution in [0.5, 0.6) is 0 Å². The van der Waals surface area contributed by atoms with Gasteiger partial charge in [0.1, 0.15) is 0 Å². The first-order chi connectivity index (χ1) is 8.66. The number of nitrogens with one attached hydrogen (secondary N) is 1. The second-order valence-corrected chi connectivity index (χ2v) is 5.05. The first-order valence-corrected chi connectivity index (χ1v) is 6.33. The van der Waals surface area contributed by atoms with Gasteiger partial charge in [0.05, 0.1) is 12.1 Å². The van der Waals surface area contributed by atoms with E-state index in [0.29, 0.717) is 6.42 Å². The Kier molecular flexibility index (Phi) is 2.58. The fourth-order valence-corrected chi connectivity index (χ4v) is 2.95. The minimum Gasteiger partial charge on any atom is -0.351 e. The van der Waals surface area contributed by atoms with E-state index in [4.69, 9.17) is 0 Å². The predicted octanol–water partition coefficient (Wildman–Crippen LogP) is 1.10. The number of amides is 2. The number of carbonyl (C=O) groups is 2. The standard InChI is InChI=1S/C14H16N2O2/c1-9-4-2-3-5-10(9)14(18)16-7-6-11-12(16)8-13(17)15-11/h2-5,11-12H,6-8H2,1H3,(H,15,17)/t11-,12-/m0/s1. The van der Waals surface area contributed by atoms with Gasteiger partial charge in [-0.05, 0) is 25.0 Å². The lowest BCUT2D eigenvalue weighted by Crippen LogP contribution is -2.38. The third-order valence-electron chi connectivity index (χ3n) is 3.92. The van der Waals surface area contributed by atoms with E-state index in [1.807, 2.05) is 36.1 Å². The van der Waals surface area contributed by atoms with Gasteiger partial charge in [-0.3, -0.25) is 9.59 Å². The number of rotatable bonds is 1. The molecule has 4 heteroatoms. The summed E-state index contributed by atoms with van der Waals surface area (Å²) in [4.78, 5) is 25.7. The molecule has 1 aromatic carbocycles. The van der Waals surface area contributed by atoms with Gasteiger partial charge in [0, 0.05) is 18.5 Å². The third kappa shape index (κ3) is 1.68. The maximum Gasteiger partial charge on any atom is 0.254 e. The molecule has 0 radical (unpaired) electrons. The second-order valence-electron chi connectivity index (χ2n) is 5.05. The summed E-state index contributed by atoms with van der Waals surface area (Å²) in [5, 5.41) is 2.93. The van der Waals surface area contributed by atoms with E-state index in [1.165, 1.54) is 0 Å². The molecule has 0 spiro atoms. The molecule has 94 valence electrons. The molecule has 0 aromatic heterocycles. The summed E-state index contributed by atoms with van der Waals surface area (Å²) in [5.74, 6) is 0.115. The van der Waals surface area contributed by atoms with Crippen LogP contribution >= 0.6 is 0 Å². The number of nitrogens with zero attached hydrogens (tertiary/aromatic N) is 1. The van der Waals surface area contributed by atoms with E-state index in [-0.39, 0.29) is 23.9 Å². The van der Waals surface area contributed by atoms with E-state index >= 15 is 0 Å². The van der Waals surface area contributed by atoms with Gasteiger partial charge in [-0.1, -0.05) is 18.2 Å². The Morgan fingerprint density at radius 3 is 2.94 bits per heavy atom. The highest BCUT2D eigenvalue weighted by atomic mass is 16.2.